The van der Waals surface area contributed by atoms with Gasteiger partial charge in [-0.1, -0.05) is 31.5 Å². The summed E-state index contributed by atoms with van der Waals surface area (Å²) in [6.07, 6.45) is 1.71. The van der Waals surface area contributed by atoms with Gasteiger partial charge in [0, 0.05) is 61.8 Å². The first-order valence-corrected chi connectivity index (χ1v) is 14.5. The van der Waals surface area contributed by atoms with Crippen LogP contribution in [0.15, 0.2) is 34.5 Å². The first kappa shape index (κ1) is 28.8. The summed E-state index contributed by atoms with van der Waals surface area (Å²) in [5.41, 5.74) is 4.44. The topological polar surface area (TPSA) is 98.3 Å². The van der Waals surface area contributed by atoms with Crippen molar-refractivity contribution in [3.8, 4) is 11.4 Å². The van der Waals surface area contributed by atoms with Crippen LogP contribution in [-0.4, -0.2) is 81.6 Å². The lowest BCUT2D eigenvalue weighted by molar-refractivity contribution is -0.137. The molecule has 2 saturated heterocycles. The number of hydrogen-bond acceptors (Lipinski definition) is 9. The van der Waals surface area contributed by atoms with Gasteiger partial charge in [-0.05, 0) is 32.0 Å². The smallest absolute Gasteiger partial charge is 0.384 e. The number of fused-ring (bicyclic) bond motifs is 2. The number of rotatable bonds is 5. The summed E-state index contributed by atoms with van der Waals surface area (Å²) in [4.78, 5) is 23.7. The maximum absolute atomic E-state index is 16.4. The van der Waals surface area contributed by atoms with E-state index >= 15 is 4.39 Å². The Kier molecular flexibility index (Phi) is 7.60. The van der Waals surface area contributed by atoms with Crippen LogP contribution in [0.3, 0.4) is 0 Å². The summed E-state index contributed by atoms with van der Waals surface area (Å²) < 4.78 is 58.5. The zero-order chi connectivity index (χ0) is 29.8. The van der Waals surface area contributed by atoms with Crippen molar-refractivity contribution in [2.24, 2.45) is 15.9 Å². The molecule has 3 N–H and O–H groups in total. The highest BCUT2D eigenvalue weighted by Gasteiger charge is 2.42. The molecule has 2 fully saturated rings. The number of alkyl halides is 3. The summed E-state index contributed by atoms with van der Waals surface area (Å²) >= 11 is 5.94. The Hall–Kier alpha value is -3.29. The van der Waals surface area contributed by atoms with Crippen LogP contribution < -0.4 is 11.1 Å². The Morgan fingerprint density at radius 3 is 2.67 bits per heavy atom. The molecule has 14 heteroatoms. The molecule has 0 aromatic carbocycles. The van der Waals surface area contributed by atoms with Crippen molar-refractivity contribution >= 4 is 34.8 Å². The van der Waals surface area contributed by atoms with E-state index in [2.05, 4.69) is 55.0 Å². The van der Waals surface area contributed by atoms with Gasteiger partial charge >= 0.3 is 6.18 Å². The van der Waals surface area contributed by atoms with Crippen LogP contribution in [0.1, 0.15) is 44.0 Å². The molecule has 4 aliphatic rings. The number of nitrogens with two attached hydrogens (primary N) is 1. The number of anilines is 1. The Bertz CT molecular complexity index is 1460. The summed E-state index contributed by atoms with van der Waals surface area (Å²) in [5, 5.41) is 2.81. The maximum Gasteiger partial charge on any atom is 0.420 e. The number of halogens is 5. The average molecular weight is 606 g/mol. The number of aromatic nitrogens is 2. The van der Waals surface area contributed by atoms with Crippen LogP contribution in [0.25, 0.3) is 11.4 Å². The Labute approximate surface area is 246 Å². The predicted molar refractivity (Wildman–Crippen MR) is 154 cm³/mol. The molecule has 2 aromatic rings. The maximum atomic E-state index is 16.4. The highest BCUT2D eigenvalue weighted by atomic mass is 35.5. The molecule has 0 saturated carbocycles. The molecule has 0 aliphatic carbocycles. The van der Waals surface area contributed by atoms with Crippen LogP contribution in [0.4, 0.5) is 29.1 Å². The number of guanidine groups is 1. The minimum Gasteiger partial charge on any atom is -0.384 e. The van der Waals surface area contributed by atoms with Crippen molar-refractivity contribution in [3.05, 3.63) is 46.5 Å². The molecule has 0 amide bonds. The minimum atomic E-state index is -4.91. The van der Waals surface area contributed by atoms with Gasteiger partial charge in [-0.2, -0.15) is 13.2 Å². The second-order valence-electron chi connectivity index (χ2n) is 10.9. The van der Waals surface area contributed by atoms with Gasteiger partial charge in [-0.15, -0.1) is 0 Å². The summed E-state index contributed by atoms with van der Waals surface area (Å²) in [6.45, 7) is 8.69. The molecule has 0 bridgehead atoms. The number of likely N-dealkylation sites (tertiary alicyclic amines) is 2. The number of nitrogens with zero attached hydrogens (tertiary/aromatic N) is 7. The third kappa shape index (κ3) is 5.11. The Morgan fingerprint density at radius 1 is 1.19 bits per heavy atom. The highest BCUT2D eigenvalue weighted by Crippen LogP contribution is 2.44. The van der Waals surface area contributed by atoms with E-state index in [9.17, 15) is 13.2 Å². The first-order chi connectivity index (χ1) is 20.1. The van der Waals surface area contributed by atoms with E-state index in [1.54, 1.807) is 0 Å². The van der Waals surface area contributed by atoms with Gasteiger partial charge in [0.15, 0.2) is 5.82 Å². The molecule has 0 spiro atoms. The fourth-order valence-electron chi connectivity index (χ4n) is 6.22. The van der Waals surface area contributed by atoms with E-state index in [0.717, 1.165) is 37.7 Å². The molecule has 2 unspecified atom stereocenters. The molecule has 9 nitrogen and oxygen atoms in total. The third-order valence-electron chi connectivity index (χ3n) is 8.47. The number of nitrogens with one attached hydrogen (secondary N) is 1. The summed E-state index contributed by atoms with van der Waals surface area (Å²) in [6, 6.07) is 1.22. The first-order valence-electron chi connectivity index (χ1n) is 14.1. The Morgan fingerprint density at radius 2 is 1.95 bits per heavy atom. The zero-order valence-corrected chi connectivity index (χ0v) is 24.1. The quantitative estimate of drug-likeness (QED) is 0.471. The molecule has 224 valence electrons. The monoisotopic (exact) mass is 605 g/mol. The molecular formula is C28H32ClF4N9. The third-order valence-corrected chi connectivity index (χ3v) is 8.77. The standard InChI is InChI=1S/C28H32ClF4N9/c1-3-40(4-2)16-12-42(13-16)27-38-23-17(26(39-27)41-9-5-6-15-7-8-35-19(15)14-41)11-36-25(22(23)30)24-21(28(31,32)33)18(29)10-20(34)37-24/h7-8,10-11,15-16,26H,3-6,9,12-14H2,1-2H3,(H2,34,37)(H,38,39). The lowest BCUT2D eigenvalue weighted by Gasteiger charge is -2.48. The molecule has 2 atom stereocenters. The van der Waals surface area contributed by atoms with E-state index in [1.807, 2.05) is 11.1 Å². The fraction of sp³-hybridized carbons (Fsp3) is 0.500. The molecule has 0 radical (unpaired) electrons. The summed E-state index contributed by atoms with van der Waals surface area (Å²) in [7, 11) is 0. The molecular weight excluding hydrogens is 574 g/mol. The van der Waals surface area contributed by atoms with Gasteiger partial charge < -0.3 is 16.0 Å². The van der Waals surface area contributed by atoms with Crippen LogP contribution in [-0.2, 0) is 6.18 Å². The van der Waals surface area contributed by atoms with E-state index in [4.69, 9.17) is 17.3 Å². The van der Waals surface area contributed by atoms with E-state index in [1.165, 1.54) is 6.20 Å². The molecule has 2 aromatic heterocycles. The van der Waals surface area contributed by atoms with Crippen molar-refractivity contribution < 1.29 is 17.6 Å². The van der Waals surface area contributed by atoms with Crippen molar-refractivity contribution in [1.29, 1.82) is 0 Å². The average Bonchev–Trinajstić information content (AvgIpc) is 3.25. The fourth-order valence-corrected chi connectivity index (χ4v) is 6.53. The highest BCUT2D eigenvalue weighted by molar-refractivity contribution is 6.32. The lowest BCUT2D eigenvalue weighted by Crippen LogP contribution is -2.64. The van der Waals surface area contributed by atoms with Gasteiger partial charge in [-0.25, -0.2) is 14.4 Å². The van der Waals surface area contributed by atoms with Gasteiger partial charge in [0.1, 0.15) is 34.6 Å². The molecule has 42 heavy (non-hydrogen) atoms. The van der Waals surface area contributed by atoms with E-state index in [-0.39, 0.29) is 17.4 Å². The SMILES string of the molecule is CCN(CC)C1CN(C2=Nc3c(cnc(-c4nc(N)cc(Cl)c4C(F)(F)F)c3F)C(N3CCCC4C=CN=C4C3)N2)C1. The van der Waals surface area contributed by atoms with Crippen LogP contribution in [0, 0.1) is 11.7 Å². The van der Waals surface area contributed by atoms with Gasteiger partial charge in [0.05, 0.1) is 5.02 Å². The molecule has 6 rings (SSSR count). The van der Waals surface area contributed by atoms with Crippen molar-refractivity contribution in [2.75, 3.05) is 45.0 Å². The number of nitrogen functional groups attached to an aromatic ring is 1. The predicted octanol–water partition coefficient (Wildman–Crippen LogP) is 4.83. The van der Waals surface area contributed by atoms with Crippen molar-refractivity contribution in [3.63, 3.8) is 0 Å². The zero-order valence-electron chi connectivity index (χ0n) is 23.3. The summed E-state index contributed by atoms with van der Waals surface area (Å²) in [5.74, 6) is -0.550. The number of hydrogen-bond donors (Lipinski definition) is 2. The second-order valence-corrected chi connectivity index (χ2v) is 11.3. The van der Waals surface area contributed by atoms with E-state index < -0.39 is 40.1 Å². The van der Waals surface area contributed by atoms with Crippen LogP contribution in [0.2, 0.25) is 5.02 Å². The van der Waals surface area contributed by atoms with Crippen molar-refractivity contribution in [1.82, 2.24) is 30.0 Å². The van der Waals surface area contributed by atoms with Gasteiger partial charge in [0.2, 0.25) is 5.96 Å². The largest absolute Gasteiger partial charge is 0.420 e. The Balaban J connectivity index is 1.43. The van der Waals surface area contributed by atoms with Crippen LogP contribution >= 0.6 is 11.6 Å². The van der Waals surface area contributed by atoms with Gasteiger partial charge in [0.25, 0.3) is 0 Å². The van der Waals surface area contributed by atoms with Crippen LogP contribution in [0.5, 0.6) is 0 Å². The number of allylic oxidation sites excluding steroid dienone is 1. The second kappa shape index (κ2) is 11.1. The number of likely N-dealkylation sites (N-methyl/N-ethyl adjacent to an activating group) is 1. The number of pyridine rings is 2. The van der Waals surface area contributed by atoms with Crippen molar-refractivity contribution in [2.45, 2.75) is 45.1 Å². The number of aliphatic imine (C=N–C) groups is 2. The van der Waals surface area contributed by atoms with Gasteiger partial charge in [-0.3, -0.25) is 19.8 Å². The minimum absolute atomic E-state index is 0.0780. The molecule has 4 aliphatic heterocycles. The molecule has 6 heterocycles. The van der Waals surface area contributed by atoms with E-state index in [0.29, 0.717) is 43.7 Å². The lowest BCUT2D eigenvalue weighted by atomic mass is 10.0. The normalized spacial score (nSPS) is 22.7.